The average Bonchev–Trinajstić information content (AvgIpc) is 2.45. The Morgan fingerprint density at radius 3 is 2.53 bits per heavy atom. The van der Waals surface area contributed by atoms with Gasteiger partial charge in [0.05, 0.1) is 6.61 Å². The van der Waals surface area contributed by atoms with E-state index in [1.165, 1.54) is 12.1 Å². The Kier molecular flexibility index (Phi) is 4.66. The van der Waals surface area contributed by atoms with Crippen LogP contribution in [0.1, 0.15) is 29.7 Å². The number of benzene rings is 2. The van der Waals surface area contributed by atoms with E-state index in [2.05, 4.69) is 5.32 Å². The second-order valence-electron chi connectivity index (χ2n) is 4.58. The summed E-state index contributed by atoms with van der Waals surface area (Å²) in [6, 6.07) is 14.4. The maximum atomic E-state index is 13.1. The fourth-order valence-electron chi connectivity index (χ4n) is 2.04. The number of hydrogen-bond donors (Lipinski definition) is 2. The Morgan fingerprint density at radius 1 is 1.11 bits per heavy atom. The highest BCUT2D eigenvalue weighted by Gasteiger charge is 2.07. The number of aliphatic hydroxyl groups excluding tert-OH is 1. The summed E-state index contributed by atoms with van der Waals surface area (Å²) in [5.74, 6) is -0.220. The van der Waals surface area contributed by atoms with Gasteiger partial charge >= 0.3 is 0 Å². The molecule has 0 radical (unpaired) electrons. The summed E-state index contributed by atoms with van der Waals surface area (Å²) in [7, 11) is 0. The molecule has 0 aliphatic heterocycles. The Morgan fingerprint density at radius 2 is 1.84 bits per heavy atom. The maximum absolute atomic E-state index is 13.1. The lowest BCUT2D eigenvalue weighted by molar-refractivity contribution is 0.280. The van der Waals surface area contributed by atoms with Crippen LogP contribution in [0.2, 0.25) is 0 Å². The molecular weight excluding hydrogens is 241 g/mol. The lowest BCUT2D eigenvalue weighted by Crippen LogP contribution is -2.19. The predicted octanol–water partition coefficient (Wildman–Crippen LogP) is 3.17. The van der Waals surface area contributed by atoms with Gasteiger partial charge in [-0.1, -0.05) is 36.4 Å². The van der Waals surface area contributed by atoms with Gasteiger partial charge < -0.3 is 10.4 Å². The molecule has 2 rings (SSSR count). The van der Waals surface area contributed by atoms with Crippen LogP contribution < -0.4 is 5.32 Å². The molecule has 0 aliphatic rings. The highest BCUT2D eigenvalue weighted by atomic mass is 19.1. The first-order valence-electron chi connectivity index (χ1n) is 6.37. The van der Waals surface area contributed by atoms with Crippen molar-refractivity contribution in [2.24, 2.45) is 0 Å². The molecule has 0 amide bonds. The van der Waals surface area contributed by atoms with Gasteiger partial charge in [0.25, 0.3) is 0 Å². The Labute approximate surface area is 112 Å². The molecule has 0 saturated heterocycles. The molecule has 100 valence electrons. The second kappa shape index (κ2) is 6.45. The fourth-order valence-corrected chi connectivity index (χ4v) is 2.04. The number of rotatable bonds is 5. The van der Waals surface area contributed by atoms with E-state index in [-0.39, 0.29) is 18.5 Å². The van der Waals surface area contributed by atoms with Gasteiger partial charge in [-0.05, 0) is 35.7 Å². The summed E-state index contributed by atoms with van der Waals surface area (Å²) in [5.41, 5.74) is 2.90. The Bertz CT molecular complexity index is 542. The van der Waals surface area contributed by atoms with Crippen LogP contribution in [-0.2, 0) is 13.2 Å². The molecule has 0 saturated carbocycles. The molecule has 0 aromatic heterocycles. The average molecular weight is 259 g/mol. The van der Waals surface area contributed by atoms with E-state index in [4.69, 9.17) is 0 Å². The van der Waals surface area contributed by atoms with Crippen LogP contribution in [0.25, 0.3) is 0 Å². The smallest absolute Gasteiger partial charge is 0.123 e. The van der Waals surface area contributed by atoms with E-state index in [1.807, 2.05) is 37.3 Å². The number of halogens is 1. The normalized spacial score (nSPS) is 12.4. The zero-order valence-electron chi connectivity index (χ0n) is 10.9. The van der Waals surface area contributed by atoms with Crippen LogP contribution in [0.4, 0.5) is 4.39 Å². The third-order valence-electron chi connectivity index (χ3n) is 3.24. The molecule has 1 atom stereocenters. The summed E-state index contributed by atoms with van der Waals surface area (Å²) in [6.07, 6.45) is 0. The van der Waals surface area contributed by atoms with E-state index < -0.39 is 0 Å². The molecule has 2 aromatic rings. The number of aliphatic hydroxyl groups is 1. The second-order valence-corrected chi connectivity index (χ2v) is 4.58. The van der Waals surface area contributed by atoms with E-state index in [9.17, 15) is 9.50 Å². The first kappa shape index (κ1) is 13.7. The molecule has 0 aliphatic carbocycles. The Hall–Kier alpha value is -1.71. The van der Waals surface area contributed by atoms with Crippen molar-refractivity contribution in [2.45, 2.75) is 26.1 Å². The predicted molar refractivity (Wildman–Crippen MR) is 74.0 cm³/mol. The highest BCUT2D eigenvalue weighted by Crippen LogP contribution is 2.15. The van der Waals surface area contributed by atoms with Crippen molar-refractivity contribution in [1.29, 1.82) is 0 Å². The van der Waals surface area contributed by atoms with E-state index in [0.29, 0.717) is 6.54 Å². The van der Waals surface area contributed by atoms with Gasteiger partial charge in [0.15, 0.2) is 0 Å². The van der Waals surface area contributed by atoms with Crippen molar-refractivity contribution in [3.8, 4) is 0 Å². The first-order chi connectivity index (χ1) is 9.20. The third-order valence-corrected chi connectivity index (χ3v) is 3.24. The van der Waals surface area contributed by atoms with Crippen LogP contribution >= 0.6 is 0 Å². The molecule has 2 aromatic carbocycles. The van der Waals surface area contributed by atoms with Crippen molar-refractivity contribution in [3.63, 3.8) is 0 Å². The van der Waals surface area contributed by atoms with Crippen molar-refractivity contribution in [1.82, 2.24) is 5.32 Å². The van der Waals surface area contributed by atoms with Gasteiger partial charge in [0.2, 0.25) is 0 Å². The lowest BCUT2D eigenvalue weighted by Gasteiger charge is -2.15. The van der Waals surface area contributed by atoms with Crippen LogP contribution in [0.15, 0.2) is 48.5 Å². The largest absolute Gasteiger partial charge is 0.392 e. The topological polar surface area (TPSA) is 32.3 Å². The summed E-state index contributed by atoms with van der Waals surface area (Å²) < 4.78 is 13.1. The quantitative estimate of drug-likeness (QED) is 0.864. The zero-order valence-corrected chi connectivity index (χ0v) is 10.9. The molecule has 2 N–H and O–H groups in total. The van der Waals surface area contributed by atoms with Crippen LogP contribution in [0.5, 0.6) is 0 Å². The standard InChI is InChI=1S/C16H18FNO/c1-12(13-7-4-8-16(17)9-13)18-10-14-5-2-3-6-15(14)11-19/h2-9,12,18-19H,10-11H2,1H3. The SMILES string of the molecule is CC(NCc1ccccc1CO)c1cccc(F)c1. The number of nitrogens with one attached hydrogen (secondary N) is 1. The summed E-state index contributed by atoms with van der Waals surface area (Å²) in [4.78, 5) is 0. The molecular formula is C16H18FNO. The molecule has 0 bridgehead atoms. The van der Waals surface area contributed by atoms with Gasteiger partial charge in [-0.25, -0.2) is 4.39 Å². The van der Waals surface area contributed by atoms with Crippen molar-refractivity contribution >= 4 is 0 Å². The molecule has 2 nitrogen and oxygen atoms in total. The molecule has 3 heteroatoms. The van der Waals surface area contributed by atoms with Crippen LogP contribution in [0.3, 0.4) is 0 Å². The number of hydrogen-bond acceptors (Lipinski definition) is 2. The van der Waals surface area contributed by atoms with E-state index >= 15 is 0 Å². The van der Waals surface area contributed by atoms with Crippen molar-refractivity contribution < 1.29 is 9.50 Å². The summed E-state index contributed by atoms with van der Waals surface area (Å²) in [6.45, 7) is 2.68. The molecule has 0 fully saturated rings. The summed E-state index contributed by atoms with van der Waals surface area (Å²) in [5, 5.41) is 12.6. The lowest BCUT2D eigenvalue weighted by atomic mass is 10.1. The molecule has 19 heavy (non-hydrogen) atoms. The third kappa shape index (κ3) is 3.63. The first-order valence-corrected chi connectivity index (χ1v) is 6.37. The molecule has 0 heterocycles. The molecule has 1 unspecified atom stereocenters. The van der Waals surface area contributed by atoms with Crippen LogP contribution in [0, 0.1) is 5.82 Å². The fraction of sp³-hybridized carbons (Fsp3) is 0.250. The van der Waals surface area contributed by atoms with E-state index in [1.54, 1.807) is 6.07 Å². The zero-order chi connectivity index (χ0) is 13.7. The highest BCUT2D eigenvalue weighted by molar-refractivity contribution is 5.27. The van der Waals surface area contributed by atoms with Gasteiger partial charge in [0.1, 0.15) is 5.82 Å². The molecule has 0 spiro atoms. The summed E-state index contributed by atoms with van der Waals surface area (Å²) >= 11 is 0. The van der Waals surface area contributed by atoms with E-state index in [0.717, 1.165) is 16.7 Å². The maximum Gasteiger partial charge on any atom is 0.123 e. The minimum atomic E-state index is -0.220. The van der Waals surface area contributed by atoms with Crippen molar-refractivity contribution in [3.05, 3.63) is 71.0 Å². The van der Waals surface area contributed by atoms with Gasteiger partial charge in [-0.15, -0.1) is 0 Å². The van der Waals surface area contributed by atoms with Gasteiger partial charge in [-0.2, -0.15) is 0 Å². The van der Waals surface area contributed by atoms with Gasteiger partial charge in [-0.3, -0.25) is 0 Å². The van der Waals surface area contributed by atoms with Crippen LogP contribution in [-0.4, -0.2) is 5.11 Å². The van der Waals surface area contributed by atoms with Gasteiger partial charge in [0, 0.05) is 12.6 Å². The Balaban J connectivity index is 2.02. The minimum Gasteiger partial charge on any atom is -0.392 e. The minimum absolute atomic E-state index is 0.0339. The monoisotopic (exact) mass is 259 g/mol. The van der Waals surface area contributed by atoms with Crippen molar-refractivity contribution in [2.75, 3.05) is 0 Å².